The highest BCUT2D eigenvalue weighted by molar-refractivity contribution is 6.05. The average molecular weight is 350 g/mol. The van der Waals surface area contributed by atoms with E-state index in [0.29, 0.717) is 31.0 Å². The first-order valence-corrected chi connectivity index (χ1v) is 8.10. The maximum absolute atomic E-state index is 12.7. The Kier molecular flexibility index (Phi) is 3.79. The molecule has 4 rings (SSSR count). The van der Waals surface area contributed by atoms with Crippen LogP contribution in [0.15, 0.2) is 35.0 Å². The van der Waals surface area contributed by atoms with Crippen LogP contribution in [0.4, 0.5) is 19.0 Å². The number of alkyl halides is 3. The molecule has 0 bridgehead atoms. The second-order valence-electron chi connectivity index (χ2n) is 6.35. The number of hydrogen-bond donors (Lipinski definition) is 0. The number of aromatic nitrogens is 2. The van der Waals surface area contributed by atoms with Crippen molar-refractivity contribution in [2.75, 3.05) is 31.1 Å². The van der Waals surface area contributed by atoms with Crippen molar-refractivity contribution in [2.45, 2.75) is 19.1 Å². The van der Waals surface area contributed by atoms with Crippen LogP contribution >= 0.6 is 0 Å². The van der Waals surface area contributed by atoms with Gasteiger partial charge in [0.1, 0.15) is 17.4 Å². The van der Waals surface area contributed by atoms with Crippen molar-refractivity contribution in [3.8, 4) is 0 Å². The monoisotopic (exact) mass is 350 g/mol. The summed E-state index contributed by atoms with van der Waals surface area (Å²) in [5.74, 6) is 0.639. The topological polar surface area (TPSA) is 45.4 Å². The molecule has 0 N–H and O–H groups in total. The van der Waals surface area contributed by atoms with Crippen molar-refractivity contribution < 1.29 is 17.6 Å². The fourth-order valence-electron chi connectivity index (χ4n) is 3.39. The van der Waals surface area contributed by atoms with Crippen molar-refractivity contribution >= 4 is 27.9 Å². The van der Waals surface area contributed by atoms with Gasteiger partial charge in [-0.3, -0.25) is 4.90 Å². The highest BCUT2D eigenvalue weighted by atomic mass is 19.4. The molecule has 0 spiro atoms. The Labute approximate surface area is 142 Å². The van der Waals surface area contributed by atoms with Crippen LogP contribution in [0.5, 0.6) is 0 Å². The summed E-state index contributed by atoms with van der Waals surface area (Å²) in [6.07, 6.45) is -2.70. The molecule has 3 heterocycles. The Morgan fingerprint density at radius 2 is 2.00 bits per heavy atom. The van der Waals surface area contributed by atoms with E-state index in [4.69, 9.17) is 4.42 Å². The molecular weight excluding hydrogens is 333 g/mol. The number of hydrogen-bond acceptors (Lipinski definition) is 5. The minimum absolute atomic E-state index is 0.232. The van der Waals surface area contributed by atoms with Gasteiger partial charge in [-0.25, -0.2) is 9.97 Å². The third-order valence-corrected chi connectivity index (χ3v) is 4.59. The van der Waals surface area contributed by atoms with Crippen LogP contribution < -0.4 is 4.90 Å². The zero-order chi connectivity index (χ0) is 17.6. The predicted molar refractivity (Wildman–Crippen MR) is 88.6 cm³/mol. The van der Waals surface area contributed by atoms with E-state index in [0.717, 1.165) is 16.5 Å². The zero-order valence-corrected chi connectivity index (χ0v) is 13.6. The van der Waals surface area contributed by atoms with E-state index in [2.05, 4.69) is 9.97 Å². The van der Waals surface area contributed by atoms with Crippen LogP contribution in [-0.4, -0.2) is 53.3 Å². The number of benzene rings is 1. The number of rotatable bonds is 2. The van der Waals surface area contributed by atoms with Gasteiger partial charge >= 0.3 is 6.18 Å². The van der Waals surface area contributed by atoms with Gasteiger partial charge in [0.05, 0.1) is 6.54 Å². The lowest BCUT2D eigenvalue weighted by Gasteiger charge is -2.40. The van der Waals surface area contributed by atoms with Crippen molar-refractivity contribution in [2.24, 2.45) is 0 Å². The molecule has 0 aliphatic carbocycles. The molecule has 0 radical (unpaired) electrons. The molecule has 1 atom stereocenters. The molecule has 1 fully saturated rings. The molecule has 8 heteroatoms. The molecule has 0 amide bonds. The molecule has 5 nitrogen and oxygen atoms in total. The van der Waals surface area contributed by atoms with Crippen molar-refractivity contribution in [3.63, 3.8) is 0 Å². The van der Waals surface area contributed by atoms with E-state index >= 15 is 0 Å². The minimum atomic E-state index is -4.18. The van der Waals surface area contributed by atoms with Gasteiger partial charge < -0.3 is 9.32 Å². The molecule has 132 valence electrons. The molecule has 1 aliphatic heterocycles. The van der Waals surface area contributed by atoms with Crippen molar-refractivity contribution in [1.82, 2.24) is 14.9 Å². The van der Waals surface area contributed by atoms with Crippen LogP contribution in [0.1, 0.15) is 6.92 Å². The van der Waals surface area contributed by atoms with E-state index in [1.165, 1.54) is 11.2 Å². The Morgan fingerprint density at radius 3 is 2.76 bits per heavy atom. The van der Waals surface area contributed by atoms with Gasteiger partial charge in [-0.1, -0.05) is 12.1 Å². The van der Waals surface area contributed by atoms with Gasteiger partial charge in [-0.2, -0.15) is 13.2 Å². The molecule has 1 unspecified atom stereocenters. The third-order valence-electron chi connectivity index (χ3n) is 4.59. The Bertz CT molecular complexity index is 908. The smallest absolute Gasteiger partial charge is 0.401 e. The van der Waals surface area contributed by atoms with Gasteiger partial charge in [0.2, 0.25) is 0 Å². The molecule has 25 heavy (non-hydrogen) atoms. The fourth-order valence-corrected chi connectivity index (χ4v) is 3.39. The summed E-state index contributed by atoms with van der Waals surface area (Å²) in [5.41, 5.74) is 2.04. The summed E-state index contributed by atoms with van der Waals surface area (Å²) in [4.78, 5) is 12.1. The maximum atomic E-state index is 12.7. The lowest BCUT2D eigenvalue weighted by Crippen LogP contribution is -2.54. The van der Waals surface area contributed by atoms with Gasteiger partial charge in [0.25, 0.3) is 0 Å². The molecule has 3 aromatic rings. The quantitative estimate of drug-likeness (QED) is 0.708. The minimum Gasteiger partial charge on any atom is -0.450 e. The predicted octanol–water partition coefficient (Wildman–Crippen LogP) is 3.45. The van der Waals surface area contributed by atoms with Gasteiger partial charge in [0.15, 0.2) is 11.4 Å². The molecule has 2 aromatic heterocycles. The van der Waals surface area contributed by atoms with E-state index in [1.807, 2.05) is 29.2 Å². The largest absolute Gasteiger partial charge is 0.450 e. The summed E-state index contributed by atoms with van der Waals surface area (Å²) in [6.45, 7) is 2.16. The van der Waals surface area contributed by atoms with Crippen molar-refractivity contribution in [3.05, 3.63) is 30.6 Å². The highest BCUT2D eigenvalue weighted by Gasteiger charge is 2.35. The molecular formula is C17H17F3N4O. The lowest BCUT2D eigenvalue weighted by atomic mass is 10.2. The van der Waals surface area contributed by atoms with Gasteiger partial charge in [-0.15, -0.1) is 0 Å². The van der Waals surface area contributed by atoms with E-state index in [9.17, 15) is 13.2 Å². The number of piperazine rings is 1. The maximum Gasteiger partial charge on any atom is 0.401 e. The van der Waals surface area contributed by atoms with Gasteiger partial charge in [0, 0.05) is 31.1 Å². The average Bonchev–Trinajstić information content (AvgIpc) is 2.94. The summed E-state index contributed by atoms with van der Waals surface area (Å²) in [6, 6.07) is 7.36. The first-order chi connectivity index (χ1) is 11.9. The summed E-state index contributed by atoms with van der Waals surface area (Å²) in [5, 5.41) is 0.907. The number of halogens is 3. The fraction of sp³-hybridized carbons (Fsp3) is 0.412. The standard InChI is InChI=1S/C17H17F3N4O/c1-11-8-23(6-7-24(11)9-17(18,19)20)16-15-14(21-10-22-16)12-4-2-3-5-13(12)25-15/h2-5,10-11H,6-9H2,1H3. The van der Waals surface area contributed by atoms with Gasteiger partial charge in [-0.05, 0) is 19.1 Å². The van der Waals surface area contributed by atoms with Crippen molar-refractivity contribution in [1.29, 1.82) is 0 Å². The van der Waals surface area contributed by atoms with Crippen LogP contribution in [0.2, 0.25) is 0 Å². The first-order valence-electron chi connectivity index (χ1n) is 8.10. The highest BCUT2D eigenvalue weighted by Crippen LogP contribution is 2.33. The Hall–Kier alpha value is -2.35. The lowest BCUT2D eigenvalue weighted by molar-refractivity contribution is -0.150. The summed E-state index contributed by atoms with van der Waals surface area (Å²) >= 11 is 0. The molecule has 0 saturated carbocycles. The number of fused-ring (bicyclic) bond motifs is 3. The van der Waals surface area contributed by atoms with E-state index < -0.39 is 12.7 Å². The second-order valence-corrected chi connectivity index (χ2v) is 6.35. The Morgan fingerprint density at radius 1 is 1.20 bits per heavy atom. The zero-order valence-electron chi connectivity index (χ0n) is 13.6. The first kappa shape index (κ1) is 16.1. The second kappa shape index (κ2) is 5.87. The normalized spacial score (nSPS) is 19.8. The third kappa shape index (κ3) is 3.02. The van der Waals surface area contributed by atoms with Crippen LogP contribution in [-0.2, 0) is 0 Å². The SMILES string of the molecule is CC1CN(c2ncnc3c2oc2ccccc23)CCN1CC(F)(F)F. The van der Waals surface area contributed by atoms with Crippen LogP contribution in [0.25, 0.3) is 22.1 Å². The molecule has 1 aromatic carbocycles. The van der Waals surface area contributed by atoms with Crippen LogP contribution in [0, 0.1) is 0 Å². The van der Waals surface area contributed by atoms with Crippen LogP contribution in [0.3, 0.4) is 0 Å². The number of para-hydroxylation sites is 1. The van der Waals surface area contributed by atoms with E-state index in [1.54, 1.807) is 6.92 Å². The number of nitrogens with zero attached hydrogens (tertiary/aromatic N) is 4. The summed E-state index contributed by atoms with van der Waals surface area (Å²) < 4.78 is 43.9. The van der Waals surface area contributed by atoms with E-state index in [-0.39, 0.29) is 6.04 Å². The number of furan rings is 1. The summed E-state index contributed by atoms with van der Waals surface area (Å²) in [7, 11) is 0. The molecule has 1 saturated heterocycles. The Balaban J connectivity index is 1.65. The molecule has 1 aliphatic rings. The number of anilines is 1.